The van der Waals surface area contributed by atoms with Crippen molar-refractivity contribution in [2.45, 2.75) is 6.54 Å². The molecule has 2 aromatic heterocycles. The summed E-state index contributed by atoms with van der Waals surface area (Å²) in [4.78, 5) is 8.69. The normalized spacial score (nSPS) is 10.4. The predicted molar refractivity (Wildman–Crippen MR) is 78.5 cm³/mol. The Labute approximate surface area is 121 Å². The molecular formula is C15H12ClN3O. The number of hydrogen-bond acceptors (Lipinski definition) is 4. The molecule has 0 bridgehead atoms. The van der Waals surface area contributed by atoms with Gasteiger partial charge in [0, 0.05) is 18.0 Å². The van der Waals surface area contributed by atoms with Crippen LogP contribution in [-0.4, -0.2) is 9.97 Å². The summed E-state index contributed by atoms with van der Waals surface area (Å²) < 4.78 is 5.29. The second-order valence-corrected chi connectivity index (χ2v) is 4.57. The van der Waals surface area contributed by atoms with Gasteiger partial charge in [0.1, 0.15) is 11.5 Å². The van der Waals surface area contributed by atoms with Crippen molar-refractivity contribution in [3.05, 3.63) is 65.8 Å². The van der Waals surface area contributed by atoms with Crippen molar-refractivity contribution in [1.29, 1.82) is 0 Å². The minimum atomic E-state index is 0.545. The molecule has 0 aliphatic carbocycles. The van der Waals surface area contributed by atoms with Gasteiger partial charge < -0.3 is 9.73 Å². The van der Waals surface area contributed by atoms with Crippen LogP contribution in [0.25, 0.3) is 11.3 Å². The van der Waals surface area contributed by atoms with Crippen LogP contribution < -0.4 is 5.32 Å². The average molecular weight is 286 g/mol. The van der Waals surface area contributed by atoms with Crippen LogP contribution >= 0.6 is 11.6 Å². The molecular weight excluding hydrogens is 274 g/mol. The molecule has 4 nitrogen and oxygen atoms in total. The summed E-state index contributed by atoms with van der Waals surface area (Å²) >= 11 is 6.22. The SMILES string of the molecule is Clc1ccccc1-c1nccnc1NCc1ccco1. The molecule has 1 aromatic carbocycles. The molecule has 0 unspecified atom stereocenters. The van der Waals surface area contributed by atoms with Crippen molar-refractivity contribution in [2.75, 3.05) is 5.32 Å². The van der Waals surface area contributed by atoms with Gasteiger partial charge >= 0.3 is 0 Å². The van der Waals surface area contributed by atoms with Gasteiger partial charge in [0.2, 0.25) is 0 Å². The first-order chi connectivity index (χ1) is 9.84. The van der Waals surface area contributed by atoms with Crippen molar-refractivity contribution in [3.63, 3.8) is 0 Å². The Bertz CT molecular complexity index is 698. The van der Waals surface area contributed by atoms with E-state index in [-0.39, 0.29) is 0 Å². The first kappa shape index (κ1) is 12.7. The summed E-state index contributed by atoms with van der Waals surface area (Å²) in [5, 5.41) is 3.86. The van der Waals surface area contributed by atoms with E-state index >= 15 is 0 Å². The monoisotopic (exact) mass is 285 g/mol. The van der Waals surface area contributed by atoms with Crippen molar-refractivity contribution in [1.82, 2.24) is 9.97 Å². The van der Waals surface area contributed by atoms with E-state index in [0.717, 1.165) is 17.0 Å². The Hall–Kier alpha value is -2.33. The standard InChI is InChI=1S/C15H12ClN3O/c16-13-6-2-1-5-12(13)14-15(18-8-7-17-14)19-10-11-4-3-9-20-11/h1-9H,10H2,(H,18,19). The van der Waals surface area contributed by atoms with Gasteiger partial charge in [0.05, 0.1) is 17.8 Å². The van der Waals surface area contributed by atoms with Crippen LogP contribution in [0.4, 0.5) is 5.82 Å². The zero-order valence-electron chi connectivity index (χ0n) is 10.6. The minimum Gasteiger partial charge on any atom is -0.467 e. The highest BCUT2D eigenvalue weighted by Crippen LogP contribution is 2.30. The highest BCUT2D eigenvalue weighted by molar-refractivity contribution is 6.33. The summed E-state index contributed by atoms with van der Waals surface area (Å²) in [6.45, 7) is 0.545. The summed E-state index contributed by atoms with van der Waals surface area (Å²) in [6, 6.07) is 11.3. The lowest BCUT2D eigenvalue weighted by Crippen LogP contribution is -2.03. The molecule has 5 heteroatoms. The number of aromatic nitrogens is 2. The Balaban J connectivity index is 1.90. The van der Waals surface area contributed by atoms with E-state index in [1.54, 1.807) is 18.7 Å². The molecule has 1 N–H and O–H groups in total. The Kier molecular flexibility index (Phi) is 3.65. The van der Waals surface area contributed by atoms with Crippen molar-refractivity contribution in [3.8, 4) is 11.3 Å². The molecule has 0 aliphatic rings. The molecule has 0 fully saturated rings. The third kappa shape index (κ3) is 2.65. The number of anilines is 1. The van der Waals surface area contributed by atoms with Crippen LogP contribution in [0.1, 0.15) is 5.76 Å². The molecule has 2 heterocycles. The Morgan fingerprint density at radius 1 is 1.05 bits per heavy atom. The Morgan fingerprint density at radius 2 is 1.90 bits per heavy atom. The maximum atomic E-state index is 6.22. The number of furan rings is 1. The molecule has 0 amide bonds. The minimum absolute atomic E-state index is 0.545. The molecule has 0 saturated heterocycles. The number of rotatable bonds is 4. The van der Waals surface area contributed by atoms with E-state index in [1.807, 2.05) is 36.4 Å². The Morgan fingerprint density at radius 3 is 2.70 bits per heavy atom. The van der Waals surface area contributed by atoms with Crippen LogP contribution in [0.2, 0.25) is 5.02 Å². The van der Waals surface area contributed by atoms with Gasteiger partial charge in [-0.15, -0.1) is 0 Å². The molecule has 20 heavy (non-hydrogen) atoms. The highest BCUT2D eigenvalue weighted by atomic mass is 35.5. The fourth-order valence-corrected chi connectivity index (χ4v) is 2.13. The number of benzene rings is 1. The van der Waals surface area contributed by atoms with Gasteiger partial charge in [-0.05, 0) is 18.2 Å². The lowest BCUT2D eigenvalue weighted by molar-refractivity contribution is 0.518. The van der Waals surface area contributed by atoms with Gasteiger partial charge in [-0.2, -0.15) is 0 Å². The van der Waals surface area contributed by atoms with Crippen LogP contribution in [-0.2, 0) is 6.54 Å². The maximum Gasteiger partial charge on any atom is 0.153 e. The summed E-state index contributed by atoms with van der Waals surface area (Å²) in [7, 11) is 0. The fraction of sp³-hybridized carbons (Fsp3) is 0.0667. The van der Waals surface area contributed by atoms with Crippen LogP contribution in [0.15, 0.2) is 59.5 Å². The van der Waals surface area contributed by atoms with Gasteiger partial charge in [-0.25, -0.2) is 4.98 Å². The lowest BCUT2D eigenvalue weighted by Gasteiger charge is -2.10. The third-order valence-electron chi connectivity index (χ3n) is 2.84. The van der Waals surface area contributed by atoms with E-state index in [0.29, 0.717) is 17.4 Å². The first-order valence-corrected chi connectivity index (χ1v) is 6.54. The molecule has 3 aromatic rings. The molecule has 0 aliphatic heterocycles. The van der Waals surface area contributed by atoms with E-state index in [1.165, 1.54) is 0 Å². The predicted octanol–water partition coefficient (Wildman–Crippen LogP) is 4.00. The van der Waals surface area contributed by atoms with E-state index < -0.39 is 0 Å². The summed E-state index contributed by atoms with van der Waals surface area (Å²) in [6.07, 6.45) is 4.93. The zero-order valence-corrected chi connectivity index (χ0v) is 11.3. The largest absolute Gasteiger partial charge is 0.467 e. The summed E-state index contributed by atoms with van der Waals surface area (Å²) in [5.41, 5.74) is 1.58. The first-order valence-electron chi connectivity index (χ1n) is 6.17. The quantitative estimate of drug-likeness (QED) is 0.787. The van der Waals surface area contributed by atoms with Crippen LogP contribution in [0.3, 0.4) is 0 Å². The number of hydrogen-bond donors (Lipinski definition) is 1. The van der Waals surface area contributed by atoms with Crippen molar-refractivity contribution >= 4 is 17.4 Å². The second kappa shape index (κ2) is 5.75. The second-order valence-electron chi connectivity index (χ2n) is 4.17. The number of nitrogens with zero attached hydrogens (tertiary/aromatic N) is 2. The zero-order chi connectivity index (χ0) is 13.8. The number of halogens is 1. The van der Waals surface area contributed by atoms with Crippen molar-refractivity contribution < 1.29 is 4.42 Å². The highest BCUT2D eigenvalue weighted by Gasteiger charge is 2.10. The number of nitrogens with one attached hydrogen (secondary N) is 1. The van der Waals surface area contributed by atoms with E-state index in [4.69, 9.17) is 16.0 Å². The van der Waals surface area contributed by atoms with E-state index in [2.05, 4.69) is 15.3 Å². The van der Waals surface area contributed by atoms with Gasteiger partial charge in [0.15, 0.2) is 5.82 Å². The molecule has 0 atom stereocenters. The molecule has 0 spiro atoms. The average Bonchev–Trinajstić information content (AvgIpc) is 2.99. The molecule has 0 saturated carbocycles. The van der Waals surface area contributed by atoms with Gasteiger partial charge in [-0.3, -0.25) is 4.98 Å². The van der Waals surface area contributed by atoms with Crippen molar-refractivity contribution in [2.24, 2.45) is 0 Å². The maximum absolute atomic E-state index is 6.22. The molecule has 0 radical (unpaired) electrons. The van der Waals surface area contributed by atoms with E-state index in [9.17, 15) is 0 Å². The van der Waals surface area contributed by atoms with Crippen LogP contribution in [0.5, 0.6) is 0 Å². The molecule has 3 rings (SSSR count). The third-order valence-corrected chi connectivity index (χ3v) is 3.17. The smallest absolute Gasteiger partial charge is 0.153 e. The van der Waals surface area contributed by atoms with Gasteiger partial charge in [0.25, 0.3) is 0 Å². The lowest BCUT2D eigenvalue weighted by atomic mass is 10.1. The van der Waals surface area contributed by atoms with Crippen LogP contribution in [0, 0.1) is 0 Å². The molecule has 100 valence electrons. The topological polar surface area (TPSA) is 51.0 Å². The van der Waals surface area contributed by atoms with Gasteiger partial charge in [-0.1, -0.05) is 29.8 Å². The fourth-order valence-electron chi connectivity index (χ4n) is 1.90. The summed E-state index contributed by atoms with van der Waals surface area (Å²) in [5.74, 6) is 1.51.